The second-order valence-electron chi connectivity index (χ2n) is 6.96. The maximum absolute atomic E-state index is 9.71. The van der Waals surface area contributed by atoms with E-state index in [-0.39, 0.29) is 12.5 Å². The highest BCUT2D eigenvalue weighted by Gasteiger charge is 2.34. The molecule has 0 saturated heterocycles. The minimum Gasteiger partial charge on any atom is -0.493 e. The van der Waals surface area contributed by atoms with Gasteiger partial charge < -0.3 is 19.9 Å². The Morgan fingerprint density at radius 3 is 2.71 bits per heavy atom. The number of ether oxygens (including phenoxy) is 3. The Balaban J connectivity index is 1.69. The molecule has 31 heavy (non-hydrogen) atoms. The molecule has 1 aromatic heterocycles. The van der Waals surface area contributed by atoms with E-state index in [1.54, 1.807) is 19.2 Å². The number of nitrogens with two attached hydrogens (primary N) is 1. The number of allylic oxidation sites excluding steroid dienone is 1. The number of aryl methyl sites for hydroxylation is 1. The molecule has 0 bridgehead atoms. The molecule has 154 valence electrons. The first kappa shape index (κ1) is 19.9. The topological polar surface area (TPSA) is 130 Å². The predicted molar refractivity (Wildman–Crippen MR) is 111 cm³/mol. The van der Waals surface area contributed by atoms with Crippen molar-refractivity contribution in [2.24, 2.45) is 5.73 Å². The zero-order valence-corrected chi connectivity index (χ0v) is 17.0. The molecule has 0 saturated carbocycles. The van der Waals surface area contributed by atoms with Gasteiger partial charge in [-0.3, -0.25) is 5.10 Å². The minimum atomic E-state index is -0.449. The van der Waals surface area contributed by atoms with Crippen LogP contribution >= 0.6 is 0 Å². The summed E-state index contributed by atoms with van der Waals surface area (Å²) in [5.74, 6) is 0.947. The summed E-state index contributed by atoms with van der Waals surface area (Å²) in [4.78, 5) is 0. The van der Waals surface area contributed by atoms with Gasteiger partial charge in [-0.05, 0) is 30.7 Å². The number of H-pyrrole nitrogens is 1. The number of aromatic nitrogens is 2. The number of fused-ring (bicyclic) bond motifs is 1. The lowest BCUT2D eigenvalue weighted by Gasteiger charge is -2.24. The van der Waals surface area contributed by atoms with Crippen LogP contribution in [0.4, 0.5) is 0 Å². The number of nitrogens with one attached hydrogen (secondary N) is 1. The van der Waals surface area contributed by atoms with Crippen LogP contribution in [0.3, 0.4) is 0 Å². The Kier molecular flexibility index (Phi) is 5.21. The van der Waals surface area contributed by atoms with Crippen LogP contribution in [-0.4, -0.2) is 17.3 Å². The SMILES string of the molecule is COc1cc([C@H]2C(C#N)=C(N)Oc3n[nH]c(C)c32)ccc1OCc1ccccc1C#N. The molecule has 0 spiro atoms. The van der Waals surface area contributed by atoms with Crippen LogP contribution in [0.15, 0.2) is 53.9 Å². The maximum atomic E-state index is 9.71. The molecule has 8 heteroatoms. The average molecular weight is 413 g/mol. The molecule has 2 heterocycles. The van der Waals surface area contributed by atoms with E-state index in [0.29, 0.717) is 28.5 Å². The van der Waals surface area contributed by atoms with Crippen molar-refractivity contribution >= 4 is 0 Å². The van der Waals surface area contributed by atoms with E-state index < -0.39 is 5.92 Å². The second-order valence-corrected chi connectivity index (χ2v) is 6.96. The molecular weight excluding hydrogens is 394 g/mol. The lowest BCUT2D eigenvalue weighted by molar-refractivity contribution is 0.284. The van der Waals surface area contributed by atoms with Crippen LogP contribution in [0.1, 0.15) is 33.9 Å². The largest absolute Gasteiger partial charge is 0.493 e. The van der Waals surface area contributed by atoms with Crippen molar-refractivity contribution in [3.05, 3.63) is 81.9 Å². The van der Waals surface area contributed by atoms with Crippen LogP contribution in [0.2, 0.25) is 0 Å². The summed E-state index contributed by atoms with van der Waals surface area (Å²) in [6.45, 7) is 2.08. The van der Waals surface area contributed by atoms with Crippen molar-refractivity contribution in [1.82, 2.24) is 10.2 Å². The van der Waals surface area contributed by atoms with Gasteiger partial charge >= 0.3 is 0 Å². The van der Waals surface area contributed by atoms with Gasteiger partial charge in [-0.2, -0.15) is 10.5 Å². The van der Waals surface area contributed by atoms with Gasteiger partial charge in [0.25, 0.3) is 0 Å². The molecule has 0 amide bonds. The molecule has 1 aliphatic heterocycles. The van der Waals surface area contributed by atoms with Crippen molar-refractivity contribution in [3.63, 3.8) is 0 Å². The summed E-state index contributed by atoms with van der Waals surface area (Å²) in [6.07, 6.45) is 0. The molecule has 0 aliphatic carbocycles. The number of hydrogen-bond acceptors (Lipinski definition) is 7. The number of hydrogen-bond donors (Lipinski definition) is 2. The zero-order chi connectivity index (χ0) is 22.0. The lowest BCUT2D eigenvalue weighted by atomic mass is 9.84. The van der Waals surface area contributed by atoms with E-state index in [0.717, 1.165) is 22.4 Å². The Bertz CT molecular complexity index is 1260. The molecule has 0 unspecified atom stereocenters. The van der Waals surface area contributed by atoms with Gasteiger partial charge in [0.15, 0.2) is 11.5 Å². The monoisotopic (exact) mass is 413 g/mol. The van der Waals surface area contributed by atoms with Gasteiger partial charge in [0.1, 0.15) is 18.2 Å². The standard InChI is InChI=1S/C23H19N5O3/c1-13-20-21(17(11-25)22(26)31-23(20)28-27-13)14-7-8-18(19(9-14)29-2)30-12-16-6-4-3-5-15(16)10-24/h3-9,21H,12,26H2,1-2H3,(H,27,28)/t21-/m0/s1. The highest BCUT2D eigenvalue weighted by Crippen LogP contribution is 2.44. The normalized spacial score (nSPS) is 14.8. The molecule has 1 atom stereocenters. The van der Waals surface area contributed by atoms with E-state index in [2.05, 4.69) is 22.3 Å². The van der Waals surface area contributed by atoms with Gasteiger partial charge in [-0.25, -0.2) is 0 Å². The van der Waals surface area contributed by atoms with Crippen LogP contribution in [-0.2, 0) is 6.61 Å². The Morgan fingerprint density at radius 1 is 1.16 bits per heavy atom. The Hall–Kier alpha value is -4.43. The maximum Gasteiger partial charge on any atom is 0.244 e. The number of methoxy groups -OCH3 is 1. The first-order chi connectivity index (χ1) is 15.1. The zero-order valence-electron chi connectivity index (χ0n) is 17.0. The molecular formula is C23H19N5O3. The lowest BCUT2D eigenvalue weighted by Crippen LogP contribution is -2.21. The van der Waals surface area contributed by atoms with Crippen LogP contribution in [0.5, 0.6) is 17.4 Å². The van der Waals surface area contributed by atoms with E-state index in [1.165, 1.54) is 0 Å². The quantitative estimate of drug-likeness (QED) is 0.655. The smallest absolute Gasteiger partial charge is 0.244 e. The predicted octanol–water partition coefficient (Wildman–Crippen LogP) is 3.40. The molecule has 3 N–H and O–H groups in total. The number of rotatable bonds is 5. The fraction of sp³-hybridized carbons (Fsp3) is 0.174. The molecule has 4 rings (SSSR count). The minimum absolute atomic E-state index is 0.0268. The third-order valence-corrected chi connectivity index (χ3v) is 5.17. The summed E-state index contributed by atoms with van der Waals surface area (Å²) in [5.41, 5.74) is 9.94. The highest BCUT2D eigenvalue weighted by molar-refractivity contribution is 5.57. The number of nitriles is 2. The van der Waals surface area contributed by atoms with E-state index in [4.69, 9.17) is 19.9 Å². The van der Waals surface area contributed by atoms with Crippen LogP contribution < -0.4 is 19.9 Å². The summed E-state index contributed by atoms with van der Waals surface area (Å²) >= 11 is 0. The highest BCUT2D eigenvalue weighted by atomic mass is 16.5. The first-order valence-electron chi connectivity index (χ1n) is 9.48. The molecule has 3 aromatic rings. The van der Waals surface area contributed by atoms with Gasteiger partial charge in [0.05, 0.1) is 24.7 Å². The van der Waals surface area contributed by atoms with Crippen molar-refractivity contribution in [2.45, 2.75) is 19.4 Å². The molecule has 0 radical (unpaired) electrons. The average Bonchev–Trinajstić information content (AvgIpc) is 3.16. The Labute approximate surface area is 179 Å². The van der Waals surface area contributed by atoms with Gasteiger partial charge in [-0.1, -0.05) is 24.3 Å². The fourth-order valence-electron chi connectivity index (χ4n) is 3.63. The van der Waals surface area contributed by atoms with Gasteiger partial charge in [-0.15, -0.1) is 5.10 Å². The van der Waals surface area contributed by atoms with Gasteiger partial charge in [0.2, 0.25) is 11.8 Å². The van der Waals surface area contributed by atoms with Crippen molar-refractivity contribution in [3.8, 4) is 29.5 Å². The van der Waals surface area contributed by atoms with Crippen LogP contribution in [0.25, 0.3) is 0 Å². The Morgan fingerprint density at radius 2 is 1.97 bits per heavy atom. The summed E-state index contributed by atoms with van der Waals surface area (Å²) in [7, 11) is 1.54. The van der Waals surface area contributed by atoms with Gasteiger partial charge in [0, 0.05) is 16.8 Å². The van der Waals surface area contributed by atoms with Crippen molar-refractivity contribution < 1.29 is 14.2 Å². The summed E-state index contributed by atoms with van der Waals surface area (Å²) in [5, 5.41) is 26.0. The number of benzene rings is 2. The third-order valence-electron chi connectivity index (χ3n) is 5.17. The van der Waals surface area contributed by atoms with Crippen molar-refractivity contribution in [2.75, 3.05) is 7.11 Å². The number of aromatic amines is 1. The second kappa shape index (κ2) is 8.13. The summed E-state index contributed by atoms with van der Waals surface area (Å²) < 4.78 is 17.0. The third kappa shape index (κ3) is 3.52. The van der Waals surface area contributed by atoms with E-state index in [9.17, 15) is 10.5 Å². The molecule has 8 nitrogen and oxygen atoms in total. The van der Waals surface area contributed by atoms with Crippen molar-refractivity contribution in [1.29, 1.82) is 10.5 Å². The number of nitrogens with zero attached hydrogens (tertiary/aromatic N) is 3. The molecule has 2 aromatic carbocycles. The first-order valence-corrected chi connectivity index (χ1v) is 9.48. The molecule has 1 aliphatic rings. The van der Waals surface area contributed by atoms with E-state index in [1.807, 2.05) is 37.3 Å². The molecule has 0 fully saturated rings. The van der Waals surface area contributed by atoms with E-state index >= 15 is 0 Å². The van der Waals surface area contributed by atoms with Crippen LogP contribution in [0, 0.1) is 29.6 Å². The summed E-state index contributed by atoms with van der Waals surface area (Å²) in [6, 6.07) is 17.0. The fourth-order valence-corrected chi connectivity index (χ4v) is 3.63.